The minimum Gasteiger partial charge on any atom is -0.479 e. The molecule has 1 amide bonds. The summed E-state index contributed by atoms with van der Waals surface area (Å²) in [4.78, 5) is 31.3. The maximum atomic E-state index is 11.8. The van der Waals surface area contributed by atoms with Gasteiger partial charge in [0.05, 0.1) is 5.69 Å². The molecular formula is C11H10N2O4S2. The minimum absolute atomic E-state index is 0.409. The van der Waals surface area contributed by atoms with E-state index in [0.717, 1.165) is 10.6 Å². The number of carbonyl (C=O) groups excluding carboxylic acids is 1. The van der Waals surface area contributed by atoms with Gasteiger partial charge < -0.3 is 5.11 Å². The molecule has 0 aromatic carbocycles. The van der Waals surface area contributed by atoms with Gasteiger partial charge in [0.2, 0.25) is 0 Å². The number of aliphatic carboxylic acids is 1. The van der Waals surface area contributed by atoms with E-state index in [1.54, 1.807) is 18.3 Å². The molecule has 8 heteroatoms. The van der Waals surface area contributed by atoms with Crippen LogP contribution in [0.25, 0.3) is 10.6 Å². The zero-order valence-electron chi connectivity index (χ0n) is 9.87. The number of rotatable bonds is 5. The van der Waals surface area contributed by atoms with Crippen molar-refractivity contribution >= 4 is 34.6 Å². The lowest BCUT2D eigenvalue weighted by Crippen LogP contribution is -2.26. The average molecular weight is 298 g/mol. The van der Waals surface area contributed by atoms with Crippen molar-refractivity contribution in [3.8, 4) is 10.6 Å². The fourth-order valence-electron chi connectivity index (χ4n) is 1.33. The Hall–Kier alpha value is -1.77. The molecule has 0 saturated heterocycles. The first-order valence-corrected chi connectivity index (χ1v) is 6.98. The van der Waals surface area contributed by atoms with E-state index in [-0.39, 0.29) is 0 Å². The second kappa shape index (κ2) is 5.91. The zero-order chi connectivity index (χ0) is 13.8. The van der Waals surface area contributed by atoms with E-state index in [4.69, 9.17) is 5.11 Å². The van der Waals surface area contributed by atoms with Crippen molar-refractivity contribution in [3.63, 3.8) is 0 Å². The summed E-state index contributed by atoms with van der Waals surface area (Å²) in [5.41, 5.74) is 3.63. The number of carboxylic acids is 1. The van der Waals surface area contributed by atoms with Crippen LogP contribution < -0.4 is 5.48 Å². The van der Waals surface area contributed by atoms with Gasteiger partial charge in [-0.25, -0.2) is 15.3 Å². The molecule has 0 bridgehead atoms. The van der Waals surface area contributed by atoms with Crippen LogP contribution in [0, 0.1) is 6.92 Å². The van der Waals surface area contributed by atoms with Gasteiger partial charge in [-0.05, 0) is 18.4 Å². The van der Waals surface area contributed by atoms with Gasteiger partial charge in [-0.15, -0.1) is 11.3 Å². The summed E-state index contributed by atoms with van der Waals surface area (Å²) in [5, 5.41) is 13.0. The van der Waals surface area contributed by atoms with Crippen molar-refractivity contribution in [3.05, 3.63) is 27.4 Å². The fraction of sp³-hybridized carbons (Fsp3) is 0.182. The normalized spacial score (nSPS) is 10.4. The highest BCUT2D eigenvalue weighted by atomic mass is 32.1. The molecular weight excluding hydrogens is 288 g/mol. The summed E-state index contributed by atoms with van der Waals surface area (Å²) in [7, 11) is 0. The molecule has 0 radical (unpaired) electrons. The van der Waals surface area contributed by atoms with Crippen LogP contribution in [0.15, 0.2) is 16.8 Å². The molecule has 0 saturated carbocycles. The maximum absolute atomic E-state index is 11.8. The Morgan fingerprint density at radius 1 is 1.53 bits per heavy atom. The topological polar surface area (TPSA) is 88.5 Å². The summed E-state index contributed by atoms with van der Waals surface area (Å²) < 4.78 is 0. The molecule has 2 aromatic heterocycles. The number of hydrogen-bond donors (Lipinski definition) is 2. The standard InChI is InChI=1S/C11H10N2O4S2/c1-6-9(10(16)13-17-4-8(14)15)19-11(12-6)7-2-3-18-5-7/h2-3,5H,4H2,1H3,(H,13,16)(H,14,15). The van der Waals surface area contributed by atoms with Crippen molar-refractivity contribution in [2.45, 2.75) is 6.92 Å². The number of aromatic nitrogens is 1. The number of hydrogen-bond acceptors (Lipinski definition) is 6. The van der Waals surface area contributed by atoms with Crippen molar-refractivity contribution < 1.29 is 19.5 Å². The molecule has 2 N–H and O–H groups in total. The lowest BCUT2D eigenvalue weighted by Gasteiger charge is -2.01. The molecule has 0 spiro atoms. The van der Waals surface area contributed by atoms with Crippen LogP contribution in [0.2, 0.25) is 0 Å². The summed E-state index contributed by atoms with van der Waals surface area (Å²) >= 11 is 2.79. The van der Waals surface area contributed by atoms with Gasteiger partial charge >= 0.3 is 5.97 Å². The maximum Gasteiger partial charge on any atom is 0.332 e. The number of carboxylic acid groups (broad SMARTS) is 1. The number of thiophene rings is 1. The summed E-state index contributed by atoms with van der Waals surface area (Å²) in [6.07, 6.45) is 0. The van der Waals surface area contributed by atoms with Crippen molar-refractivity contribution in [1.82, 2.24) is 10.5 Å². The average Bonchev–Trinajstić information content (AvgIpc) is 2.96. The summed E-state index contributed by atoms with van der Waals surface area (Å²) in [5.74, 6) is -1.64. The van der Waals surface area contributed by atoms with Crippen LogP contribution in [0.4, 0.5) is 0 Å². The Balaban J connectivity index is 2.08. The second-order valence-corrected chi connectivity index (χ2v) is 5.34. The Kier molecular flexibility index (Phi) is 4.25. The molecule has 19 heavy (non-hydrogen) atoms. The molecule has 6 nitrogen and oxygen atoms in total. The first-order chi connectivity index (χ1) is 9.08. The summed E-state index contributed by atoms with van der Waals surface area (Å²) in [6, 6.07) is 1.92. The third kappa shape index (κ3) is 3.37. The van der Waals surface area contributed by atoms with Gasteiger partial charge in [0.1, 0.15) is 9.88 Å². The number of thiazole rings is 1. The Morgan fingerprint density at radius 2 is 2.32 bits per heavy atom. The number of carbonyl (C=O) groups is 2. The van der Waals surface area contributed by atoms with Crippen LogP contribution in [-0.2, 0) is 9.63 Å². The molecule has 0 aliphatic carbocycles. The number of nitrogens with one attached hydrogen (secondary N) is 1. The van der Waals surface area contributed by atoms with E-state index >= 15 is 0 Å². The van der Waals surface area contributed by atoms with Crippen LogP contribution >= 0.6 is 22.7 Å². The third-order valence-electron chi connectivity index (χ3n) is 2.13. The van der Waals surface area contributed by atoms with E-state index in [1.807, 2.05) is 16.8 Å². The highest BCUT2D eigenvalue weighted by molar-refractivity contribution is 7.17. The van der Waals surface area contributed by atoms with E-state index in [9.17, 15) is 9.59 Å². The SMILES string of the molecule is Cc1nc(-c2ccsc2)sc1C(=O)NOCC(=O)O. The molecule has 2 rings (SSSR count). The van der Waals surface area contributed by atoms with E-state index in [0.29, 0.717) is 10.6 Å². The first kappa shape index (κ1) is 13.7. The van der Waals surface area contributed by atoms with Gasteiger partial charge in [-0.1, -0.05) is 0 Å². The highest BCUT2D eigenvalue weighted by Crippen LogP contribution is 2.29. The van der Waals surface area contributed by atoms with Crippen LogP contribution in [0.1, 0.15) is 15.4 Å². The molecule has 100 valence electrons. The molecule has 0 aliphatic rings. The lowest BCUT2D eigenvalue weighted by atomic mass is 10.3. The van der Waals surface area contributed by atoms with Crippen molar-refractivity contribution in [1.29, 1.82) is 0 Å². The van der Waals surface area contributed by atoms with Gasteiger partial charge in [-0.2, -0.15) is 11.3 Å². The molecule has 0 atom stereocenters. The monoisotopic (exact) mass is 298 g/mol. The minimum atomic E-state index is -1.15. The van der Waals surface area contributed by atoms with Gasteiger partial charge in [0.25, 0.3) is 5.91 Å². The quantitative estimate of drug-likeness (QED) is 0.823. The molecule has 0 fully saturated rings. The Morgan fingerprint density at radius 3 is 2.95 bits per heavy atom. The first-order valence-electron chi connectivity index (χ1n) is 5.22. The molecule has 0 aliphatic heterocycles. The number of amides is 1. The van der Waals surface area contributed by atoms with Crippen LogP contribution in [-0.4, -0.2) is 28.6 Å². The number of aryl methyl sites for hydroxylation is 1. The smallest absolute Gasteiger partial charge is 0.332 e. The van der Waals surface area contributed by atoms with E-state index < -0.39 is 18.5 Å². The second-order valence-electron chi connectivity index (χ2n) is 3.56. The van der Waals surface area contributed by atoms with Crippen molar-refractivity contribution in [2.24, 2.45) is 0 Å². The zero-order valence-corrected chi connectivity index (χ0v) is 11.5. The van der Waals surface area contributed by atoms with Gasteiger partial charge in [0, 0.05) is 10.9 Å². The van der Waals surface area contributed by atoms with Crippen LogP contribution in [0.5, 0.6) is 0 Å². The van der Waals surface area contributed by atoms with Crippen molar-refractivity contribution in [2.75, 3.05) is 6.61 Å². The largest absolute Gasteiger partial charge is 0.479 e. The van der Waals surface area contributed by atoms with Gasteiger partial charge in [0.15, 0.2) is 6.61 Å². The molecule has 0 unspecified atom stereocenters. The third-order valence-corrected chi connectivity index (χ3v) is 4.02. The number of nitrogens with zero attached hydrogens (tertiary/aromatic N) is 1. The number of hydroxylamine groups is 1. The lowest BCUT2D eigenvalue weighted by molar-refractivity contribution is -0.144. The fourth-order valence-corrected chi connectivity index (χ4v) is 2.99. The highest BCUT2D eigenvalue weighted by Gasteiger charge is 2.16. The molecule has 2 heterocycles. The predicted molar refractivity (Wildman–Crippen MR) is 71.2 cm³/mol. The summed E-state index contributed by atoms with van der Waals surface area (Å²) in [6.45, 7) is 1.14. The predicted octanol–water partition coefficient (Wildman–Crippen LogP) is 1.93. The van der Waals surface area contributed by atoms with Crippen LogP contribution in [0.3, 0.4) is 0 Å². The molecule has 2 aromatic rings. The van der Waals surface area contributed by atoms with E-state index in [1.165, 1.54) is 11.3 Å². The Labute approximate surface area is 116 Å². The van der Waals surface area contributed by atoms with Gasteiger partial charge in [-0.3, -0.25) is 9.63 Å². The Bertz CT molecular complexity index is 592. The van der Waals surface area contributed by atoms with E-state index in [2.05, 4.69) is 15.3 Å².